The number of pyridine rings is 1. The van der Waals surface area contributed by atoms with Gasteiger partial charge in [0.25, 0.3) is 0 Å². The largest absolute Gasteiger partial charge is 0.462 e. The van der Waals surface area contributed by atoms with Gasteiger partial charge in [0.1, 0.15) is 17.3 Å². The lowest BCUT2D eigenvalue weighted by Crippen LogP contribution is -1.92. The van der Waals surface area contributed by atoms with E-state index in [1.807, 2.05) is 37.3 Å². The first-order valence-electron chi connectivity index (χ1n) is 9.32. The molecule has 0 fully saturated rings. The second-order valence-corrected chi connectivity index (χ2v) is 7.64. The maximum atomic E-state index is 5.53. The van der Waals surface area contributed by atoms with Crippen molar-refractivity contribution in [3.05, 3.63) is 83.7 Å². The van der Waals surface area contributed by atoms with E-state index in [1.54, 1.807) is 11.8 Å². The molecular weight excluding hydrogens is 380 g/mol. The highest BCUT2D eigenvalue weighted by molar-refractivity contribution is 7.98. The Morgan fingerprint density at radius 2 is 1.69 bits per heavy atom. The fraction of sp³-hybridized carbons (Fsp3) is 0.0870. The molecule has 1 N–H and O–H groups in total. The molecule has 0 bridgehead atoms. The molecule has 0 spiro atoms. The summed E-state index contributed by atoms with van der Waals surface area (Å²) < 4.78 is 5.53. The molecule has 0 saturated heterocycles. The van der Waals surface area contributed by atoms with E-state index in [9.17, 15) is 0 Å². The highest BCUT2D eigenvalue weighted by Gasteiger charge is 2.10. The lowest BCUT2D eigenvalue weighted by molar-refractivity contribution is 0.525. The lowest BCUT2D eigenvalue weighted by atomic mass is 10.0. The minimum atomic E-state index is 0.692. The average molecular weight is 398 g/mol. The maximum Gasteiger partial charge on any atom is 0.209 e. The summed E-state index contributed by atoms with van der Waals surface area (Å²) >= 11 is 1.57. The Hall–Kier alpha value is -3.38. The summed E-state index contributed by atoms with van der Waals surface area (Å²) in [5, 5.41) is 11.5. The number of aromatic nitrogens is 4. The van der Waals surface area contributed by atoms with E-state index in [0.717, 1.165) is 22.7 Å². The van der Waals surface area contributed by atoms with Crippen molar-refractivity contribution in [1.29, 1.82) is 0 Å². The van der Waals surface area contributed by atoms with E-state index >= 15 is 0 Å². The molecule has 0 amide bonds. The first-order valence-corrected chi connectivity index (χ1v) is 10.3. The predicted molar refractivity (Wildman–Crippen MR) is 118 cm³/mol. The van der Waals surface area contributed by atoms with Crippen LogP contribution in [-0.2, 0) is 5.75 Å². The highest BCUT2D eigenvalue weighted by Crippen LogP contribution is 2.29. The van der Waals surface area contributed by atoms with Gasteiger partial charge in [-0.15, -0.1) is 5.10 Å². The summed E-state index contributed by atoms with van der Waals surface area (Å²) in [7, 11) is 0. The summed E-state index contributed by atoms with van der Waals surface area (Å²) in [6.45, 7) is 1.92. The SMILES string of the molecule is Cc1ccc(/C=C/c2nc(SCc3nc4ccccc4c4ccccc34)n[nH]2)o1. The molecule has 0 aliphatic carbocycles. The molecule has 5 aromatic rings. The summed E-state index contributed by atoms with van der Waals surface area (Å²) in [4.78, 5) is 9.42. The van der Waals surface area contributed by atoms with E-state index < -0.39 is 0 Å². The first-order chi connectivity index (χ1) is 14.3. The standard InChI is InChI=1S/C23H18N4OS/c1-15-10-11-16(28-15)12-13-22-25-23(27-26-22)29-14-21-19-8-3-2-6-17(19)18-7-4-5-9-20(18)24-21/h2-13H,14H2,1H3,(H,25,26,27)/b13-12+. The lowest BCUT2D eigenvalue weighted by Gasteiger charge is -2.08. The van der Waals surface area contributed by atoms with Gasteiger partial charge in [-0.1, -0.05) is 54.2 Å². The summed E-state index contributed by atoms with van der Waals surface area (Å²) in [6.07, 6.45) is 3.74. The number of furan rings is 1. The first kappa shape index (κ1) is 17.7. The molecule has 5 rings (SSSR count). The van der Waals surface area contributed by atoms with E-state index in [-0.39, 0.29) is 0 Å². The van der Waals surface area contributed by atoms with Crippen LogP contribution in [0.15, 0.2) is 70.2 Å². The second-order valence-electron chi connectivity index (χ2n) is 6.69. The van der Waals surface area contributed by atoms with E-state index in [1.165, 1.54) is 16.2 Å². The monoisotopic (exact) mass is 398 g/mol. The van der Waals surface area contributed by atoms with Gasteiger partial charge in [-0.25, -0.2) is 4.98 Å². The predicted octanol–water partition coefficient (Wildman–Crippen LogP) is 5.87. The van der Waals surface area contributed by atoms with Crippen LogP contribution >= 0.6 is 11.8 Å². The number of benzene rings is 2. The zero-order valence-corrected chi connectivity index (χ0v) is 16.6. The summed E-state index contributed by atoms with van der Waals surface area (Å²) in [6, 6.07) is 20.5. The quantitative estimate of drug-likeness (QED) is 0.296. The van der Waals surface area contributed by atoms with Crippen molar-refractivity contribution in [2.24, 2.45) is 0 Å². The number of hydrogen-bond donors (Lipinski definition) is 1. The van der Waals surface area contributed by atoms with E-state index in [0.29, 0.717) is 16.7 Å². The third-order valence-electron chi connectivity index (χ3n) is 4.67. The van der Waals surface area contributed by atoms with Gasteiger partial charge in [0.15, 0.2) is 0 Å². The van der Waals surface area contributed by atoms with E-state index in [4.69, 9.17) is 9.40 Å². The van der Waals surface area contributed by atoms with Crippen molar-refractivity contribution < 1.29 is 4.42 Å². The molecule has 0 saturated carbocycles. The van der Waals surface area contributed by atoms with Crippen molar-refractivity contribution in [3.8, 4) is 0 Å². The number of H-pyrrole nitrogens is 1. The topological polar surface area (TPSA) is 67.6 Å². The molecule has 2 aromatic carbocycles. The Labute approximate surface area is 171 Å². The number of aromatic amines is 1. The maximum absolute atomic E-state index is 5.53. The van der Waals surface area contributed by atoms with Crippen molar-refractivity contribution in [2.45, 2.75) is 17.8 Å². The van der Waals surface area contributed by atoms with Gasteiger partial charge in [-0.2, -0.15) is 0 Å². The van der Waals surface area contributed by atoms with Crippen molar-refractivity contribution >= 4 is 45.6 Å². The van der Waals surface area contributed by atoms with Crippen LogP contribution in [0.25, 0.3) is 33.8 Å². The van der Waals surface area contributed by atoms with Gasteiger partial charge >= 0.3 is 0 Å². The Morgan fingerprint density at radius 3 is 2.52 bits per heavy atom. The molecule has 142 valence electrons. The van der Waals surface area contributed by atoms with Crippen LogP contribution in [0.3, 0.4) is 0 Å². The van der Waals surface area contributed by atoms with Crippen molar-refractivity contribution in [1.82, 2.24) is 20.2 Å². The number of aryl methyl sites for hydroxylation is 1. The average Bonchev–Trinajstić information content (AvgIpc) is 3.39. The summed E-state index contributed by atoms with van der Waals surface area (Å²) in [5.41, 5.74) is 2.05. The molecule has 5 nitrogen and oxygen atoms in total. The number of nitrogens with one attached hydrogen (secondary N) is 1. The molecule has 29 heavy (non-hydrogen) atoms. The molecule has 0 atom stereocenters. The van der Waals surface area contributed by atoms with Crippen LogP contribution in [0.4, 0.5) is 0 Å². The molecule has 0 unspecified atom stereocenters. The second kappa shape index (κ2) is 7.56. The van der Waals surface area contributed by atoms with Gasteiger partial charge < -0.3 is 4.42 Å². The third kappa shape index (κ3) is 3.67. The molecule has 0 aliphatic rings. The molecule has 6 heteroatoms. The summed E-state index contributed by atoms with van der Waals surface area (Å²) in [5.74, 6) is 3.07. The van der Waals surface area contributed by atoms with Crippen LogP contribution < -0.4 is 0 Å². The zero-order valence-electron chi connectivity index (χ0n) is 15.8. The van der Waals surface area contributed by atoms with E-state index in [2.05, 4.69) is 57.6 Å². The molecule has 3 heterocycles. The zero-order chi connectivity index (χ0) is 19.6. The molecule has 0 aliphatic heterocycles. The third-order valence-corrected chi connectivity index (χ3v) is 5.53. The number of para-hydroxylation sites is 1. The normalized spacial score (nSPS) is 11.8. The number of nitrogens with zero attached hydrogens (tertiary/aromatic N) is 3. The van der Waals surface area contributed by atoms with Gasteiger partial charge in [0.05, 0.1) is 11.2 Å². The minimum Gasteiger partial charge on any atom is -0.462 e. The van der Waals surface area contributed by atoms with Crippen LogP contribution in [0.5, 0.6) is 0 Å². The highest BCUT2D eigenvalue weighted by atomic mass is 32.2. The van der Waals surface area contributed by atoms with Crippen LogP contribution in [0.2, 0.25) is 0 Å². The van der Waals surface area contributed by atoms with Crippen molar-refractivity contribution in [3.63, 3.8) is 0 Å². The number of rotatable bonds is 5. The Morgan fingerprint density at radius 1 is 0.897 bits per heavy atom. The van der Waals surface area contributed by atoms with Gasteiger partial charge in [0, 0.05) is 16.5 Å². The van der Waals surface area contributed by atoms with Crippen LogP contribution in [-0.4, -0.2) is 20.2 Å². The Bertz CT molecular complexity index is 1340. The van der Waals surface area contributed by atoms with Gasteiger partial charge in [0.2, 0.25) is 5.16 Å². The number of fused-ring (bicyclic) bond motifs is 3. The fourth-order valence-electron chi connectivity index (χ4n) is 3.32. The van der Waals surface area contributed by atoms with Gasteiger partial charge in [-0.3, -0.25) is 10.1 Å². The van der Waals surface area contributed by atoms with Gasteiger partial charge in [-0.05, 0) is 42.7 Å². The smallest absolute Gasteiger partial charge is 0.209 e. The van der Waals surface area contributed by atoms with Crippen LogP contribution in [0, 0.1) is 6.92 Å². The van der Waals surface area contributed by atoms with Crippen LogP contribution in [0.1, 0.15) is 23.0 Å². The molecule has 0 radical (unpaired) electrons. The molecular formula is C23H18N4OS. The Balaban J connectivity index is 1.38. The molecule has 3 aromatic heterocycles. The number of thioether (sulfide) groups is 1. The number of hydrogen-bond acceptors (Lipinski definition) is 5. The fourth-order valence-corrected chi connectivity index (χ4v) is 4.08. The minimum absolute atomic E-state index is 0.692. The Kier molecular flexibility index (Phi) is 4.62. The van der Waals surface area contributed by atoms with Crippen molar-refractivity contribution in [2.75, 3.05) is 0 Å².